The molecule has 0 spiro atoms. The van der Waals surface area contributed by atoms with Gasteiger partial charge in [-0.05, 0) is 50.1 Å². The molecule has 1 N–H and O–H groups in total. The predicted octanol–water partition coefficient (Wildman–Crippen LogP) is 3.83. The normalized spacial score (nSPS) is 13.9. The van der Waals surface area contributed by atoms with Gasteiger partial charge >= 0.3 is 5.97 Å². The third-order valence-corrected chi connectivity index (χ3v) is 7.16. The molecule has 3 aromatic rings. The highest BCUT2D eigenvalue weighted by Gasteiger charge is 2.28. The van der Waals surface area contributed by atoms with Crippen molar-refractivity contribution >= 4 is 45.8 Å². The smallest absolute Gasteiger partial charge is 0.311 e. The Balaban J connectivity index is 1.37. The van der Waals surface area contributed by atoms with Crippen molar-refractivity contribution in [3.05, 3.63) is 50.9 Å². The van der Waals surface area contributed by atoms with Crippen LogP contribution in [0, 0.1) is 5.41 Å². The van der Waals surface area contributed by atoms with Gasteiger partial charge in [-0.25, -0.2) is 4.98 Å². The minimum atomic E-state index is -0.955. The molecule has 34 heavy (non-hydrogen) atoms. The molecule has 0 aliphatic carbocycles. The Hall–Kier alpha value is -2.46. The number of hydrogen-bond donors (Lipinski definition) is 1. The first-order valence-corrected chi connectivity index (χ1v) is 12.3. The summed E-state index contributed by atoms with van der Waals surface area (Å²) in [7, 11) is 0. The minimum absolute atomic E-state index is 0.0416. The van der Waals surface area contributed by atoms with Gasteiger partial charge in [-0.15, -0.1) is 11.3 Å². The molecular formula is C24H28ClN3O5S. The zero-order valence-electron chi connectivity index (χ0n) is 19.3. The average molecular weight is 506 g/mol. The van der Waals surface area contributed by atoms with Crippen molar-refractivity contribution in [1.82, 2.24) is 14.5 Å². The summed E-state index contributed by atoms with van der Waals surface area (Å²) in [5.41, 5.74) is 2.30. The highest BCUT2D eigenvalue weighted by molar-refractivity contribution is 7.16. The lowest BCUT2D eigenvalue weighted by Gasteiger charge is -2.28. The standard InChI is InChI=1S/C24H28ClN3O5S/c1-24(2,23(30)31)15-33-11-10-32-14-21(29)27-9-7-17-18-4-3-8-26-22(18)28(19(17)13-27)12-16-5-6-20(25)34-16/h3-6,8H,7,9-15H2,1-2H3,(H,30,31). The maximum absolute atomic E-state index is 12.8. The topological polar surface area (TPSA) is 93.9 Å². The number of aliphatic carboxylic acids is 1. The largest absolute Gasteiger partial charge is 0.481 e. The van der Waals surface area contributed by atoms with E-state index in [1.807, 2.05) is 23.1 Å². The summed E-state index contributed by atoms with van der Waals surface area (Å²) >= 11 is 7.68. The molecule has 10 heteroatoms. The van der Waals surface area contributed by atoms with Crippen molar-refractivity contribution in [2.24, 2.45) is 5.41 Å². The van der Waals surface area contributed by atoms with Gasteiger partial charge in [-0.3, -0.25) is 9.59 Å². The van der Waals surface area contributed by atoms with E-state index in [4.69, 9.17) is 26.2 Å². The molecule has 4 rings (SSSR count). The Morgan fingerprint density at radius 1 is 1.24 bits per heavy atom. The third kappa shape index (κ3) is 5.43. The lowest BCUT2D eigenvalue weighted by Crippen LogP contribution is -2.39. The van der Waals surface area contributed by atoms with E-state index >= 15 is 0 Å². The number of nitrogens with zero attached hydrogens (tertiary/aromatic N) is 3. The van der Waals surface area contributed by atoms with E-state index in [-0.39, 0.29) is 32.3 Å². The van der Waals surface area contributed by atoms with E-state index in [2.05, 4.69) is 15.6 Å². The fourth-order valence-corrected chi connectivity index (χ4v) is 5.07. The number of hydrogen-bond acceptors (Lipinski definition) is 6. The Bertz CT molecular complexity index is 1190. The van der Waals surface area contributed by atoms with Crippen molar-refractivity contribution in [1.29, 1.82) is 0 Å². The van der Waals surface area contributed by atoms with Crippen molar-refractivity contribution in [2.75, 3.05) is 33.0 Å². The summed E-state index contributed by atoms with van der Waals surface area (Å²) in [5, 5.41) is 10.2. The fraction of sp³-hybridized carbons (Fsp3) is 0.458. The highest BCUT2D eigenvalue weighted by Crippen LogP contribution is 2.32. The van der Waals surface area contributed by atoms with E-state index < -0.39 is 11.4 Å². The van der Waals surface area contributed by atoms with Gasteiger partial charge in [0.15, 0.2) is 0 Å². The van der Waals surface area contributed by atoms with Crippen molar-refractivity contribution in [2.45, 2.75) is 33.4 Å². The van der Waals surface area contributed by atoms with Crippen LogP contribution in [0.5, 0.6) is 0 Å². The van der Waals surface area contributed by atoms with Gasteiger partial charge < -0.3 is 24.0 Å². The number of rotatable bonds is 10. The SMILES string of the molecule is CC(C)(COCCOCC(=O)N1CCc2c(n(Cc3ccc(Cl)s3)c3ncccc23)C1)C(=O)O. The van der Waals surface area contributed by atoms with Gasteiger partial charge in [0, 0.05) is 28.7 Å². The molecule has 0 bridgehead atoms. The lowest BCUT2D eigenvalue weighted by molar-refractivity contribution is -0.150. The molecule has 0 atom stereocenters. The number of carbonyl (C=O) groups excluding carboxylic acids is 1. The van der Waals surface area contributed by atoms with Crippen molar-refractivity contribution < 1.29 is 24.2 Å². The number of aromatic nitrogens is 2. The number of ether oxygens (including phenoxy) is 2. The van der Waals surface area contributed by atoms with Crippen LogP contribution < -0.4 is 0 Å². The summed E-state index contributed by atoms with van der Waals surface area (Å²) in [5.74, 6) is -0.997. The Kier molecular flexibility index (Phi) is 7.57. The van der Waals surface area contributed by atoms with Crippen LogP contribution in [0.3, 0.4) is 0 Å². The number of amides is 1. The van der Waals surface area contributed by atoms with E-state index in [1.165, 1.54) is 5.56 Å². The Morgan fingerprint density at radius 3 is 2.76 bits per heavy atom. The van der Waals surface area contributed by atoms with Crippen LogP contribution in [0.15, 0.2) is 30.5 Å². The molecule has 0 radical (unpaired) electrons. The number of carboxylic acids is 1. The van der Waals surface area contributed by atoms with E-state index in [9.17, 15) is 9.59 Å². The second-order valence-corrected chi connectivity index (χ2v) is 10.8. The zero-order chi connectivity index (χ0) is 24.3. The summed E-state index contributed by atoms with van der Waals surface area (Å²) in [6, 6.07) is 7.95. The number of pyridine rings is 1. The van der Waals surface area contributed by atoms with Gasteiger partial charge in [0.25, 0.3) is 0 Å². The van der Waals surface area contributed by atoms with E-state index in [0.717, 1.165) is 32.4 Å². The maximum Gasteiger partial charge on any atom is 0.311 e. The average Bonchev–Trinajstić information content (AvgIpc) is 3.36. The number of fused-ring (bicyclic) bond motifs is 3. The fourth-order valence-electron chi connectivity index (χ4n) is 3.99. The first-order valence-electron chi connectivity index (χ1n) is 11.1. The molecule has 1 aliphatic rings. The van der Waals surface area contributed by atoms with Gasteiger partial charge in [-0.2, -0.15) is 0 Å². The summed E-state index contributed by atoms with van der Waals surface area (Å²) in [4.78, 5) is 31.5. The molecule has 182 valence electrons. The summed E-state index contributed by atoms with van der Waals surface area (Å²) in [6.07, 6.45) is 2.55. The molecule has 0 unspecified atom stereocenters. The predicted molar refractivity (Wildman–Crippen MR) is 130 cm³/mol. The van der Waals surface area contributed by atoms with Gasteiger partial charge in [0.1, 0.15) is 12.3 Å². The van der Waals surface area contributed by atoms with Gasteiger partial charge in [0.2, 0.25) is 5.91 Å². The number of carbonyl (C=O) groups is 2. The van der Waals surface area contributed by atoms with Gasteiger partial charge in [0.05, 0.1) is 42.7 Å². The second kappa shape index (κ2) is 10.4. The summed E-state index contributed by atoms with van der Waals surface area (Å²) < 4.78 is 13.8. The molecule has 0 fully saturated rings. The number of thiophene rings is 1. The van der Waals surface area contributed by atoms with Crippen LogP contribution in [0.1, 0.15) is 30.0 Å². The van der Waals surface area contributed by atoms with Crippen LogP contribution >= 0.6 is 22.9 Å². The van der Waals surface area contributed by atoms with Crippen LogP contribution in [-0.2, 0) is 38.6 Å². The summed E-state index contributed by atoms with van der Waals surface area (Å²) in [6.45, 7) is 5.48. The zero-order valence-corrected chi connectivity index (χ0v) is 20.8. The van der Waals surface area contributed by atoms with E-state index in [0.29, 0.717) is 19.6 Å². The molecular weight excluding hydrogens is 478 g/mol. The van der Waals surface area contributed by atoms with E-state index in [1.54, 1.807) is 31.4 Å². The number of halogens is 1. The van der Waals surface area contributed by atoms with Crippen LogP contribution in [0.4, 0.5) is 0 Å². The van der Waals surface area contributed by atoms with Gasteiger partial charge in [-0.1, -0.05) is 11.6 Å². The quantitative estimate of drug-likeness (QED) is 0.421. The molecule has 3 aromatic heterocycles. The second-order valence-electron chi connectivity index (χ2n) is 8.95. The number of carboxylic acid groups (broad SMARTS) is 1. The monoisotopic (exact) mass is 505 g/mol. The van der Waals surface area contributed by atoms with Crippen LogP contribution in [0.2, 0.25) is 4.34 Å². The molecule has 0 saturated heterocycles. The molecule has 1 amide bonds. The molecule has 0 aromatic carbocycles. The highest BCUT2D eigenvalue weighted by atomic mass is 35.5. The molecule has 0 saturated carbocycles. The first-order chi connectivity index (χ1) is 16.3. The Morgan fingerprint density at radius 2 is 2.03 bits per heavy atom. The van der Waals surface area contributed by atoms with Crippen molar-refractivity contribution in [3.63, 3.8) is 0 Å². The maximum atomic E-state index is 12.8. The minimum Gasteiger partial charge on any atom is -0.481 e. The molecule has 8 nitrogen and oxygen atoms in total. The van der Waals surface area contributed by atoms with Crippen molar-refractivity contribution in [3.8, 4) is 0 Å². The third-order valence-electron chi connectivity index (χ3n) is 5.95. The lowest BCUT2D eigenvalue weighted by atomic mass is 9.95. The molecule has 1 aliphatic heterocycles. The Labute approximate surface area is 207 Å². The first kappa shape index (κ1) is 24.7. The van der Waals surface area contributed by atoms with Crippen LogP contribution in [0.25, 0.3) is 11.0 Å². The molecule has 4 heterocycles. The van der Waals surface area contributed by atoms with Crippen LogP contribution in [-0.4, -0.2) is 64.4 Å².